The molecular weight excluding hydrogens is 240 g/mol. The molecule has 2 aromatic heterocycles. The van der Waals surface area contributed by atoms with Crippen LogP contribution in [0.5, 0.6) is 0 Å². The third-order valence-corrected chi connectivity index (χ3v) is 2.95. The van der Waals surface area contributed by atoms with Gasteiger partial charge < -0.3 is 9.51 Å². The van der Waals surface area contributed by atoms with E-state index in [4.69, 9.17) is 16.7 Å². The highest BCUT2D eigenvalue weighted by Crippen LogP contribution is 2.22. The van der Waals surface area contributed by atoms with Crippen LogP contribution in [0.1, 0.15) is 24.2 Å². The van der Waals surface area contributed by atoms with Gasteiger partial charge in [0.25, 0.3) is 0 Å². The van der Waals surface area contributed by atoms with Gasteiger partial charge in [-0.05, 0) is 25.0 Å². The van der Waals surface area contributed by atoms with E-state index < -0.39 is 5.97 Å². The van der Waals surface area contributed by atoms with Gasteiger partial charge in [0.1, 0.15) is 5.82 Å². The van der Waals surface area contributed by atoms with Gasteiger partial charge in [-0.3, -0.25) is 4.79 Å². The molecule has 0 aliphatic carbocycles. The summed E-state index contributed by atoms with van der Waals surface area (Å²) in [5, 5.41) is 9.08. The van der Waals surface area contributed by atoms with Gasteiger partial charge in [-0.1, -0.05) is 17.7 Å². The second kappa shape index (κ2) is 4.75. The summed E-state index contributed by atoms with van der Waals surface area (Å²) in [7, 11) is 0. The van der Waals surface area contributed by atoms with Crippen LogP contribution in [0.25, 0.3) is 5.52 Å². The van der Waals surface area contributed by atoms with Gasteiger partial charge in [0.15, 0.2) is 5.15 Å². The van der Waals surface area contributed by atoms with E-state index in [-0.39, 0.29) is 6.42 Å². The zero-order chi connectivity index (χ0) is 12.4. The SMILES string of the molecule is Cc1cccn2c(CCCC(=O)O)nc(Cl)c12. The summed E-state index contributed by atoms with van der Waals surface area (Å²) in [6, 6.07) is 3.91. The molecule has 0 unspecified atom stereocenters. The van der Waals surface area contributed by atoms with Crippen molar-refractivity contribution in [3.05, 3.63) is 34.9 Å². The van der Waals surface area contributed by atoms with Crippen LogP contribution in [-0.4, -0.2) is 20.5 Å². The van der Waals surface area contributed by atoms with Crippen LogP contribution in [0, 0.1) is 6.92 Å². The molecule has 4 nitrogen and oxygen atoms in total. The Morgan fingerprint density at radius 3 is 3.06 bits per heavy atom. The fourth-order valence-corrected chi connectivity index (χ4v) is 2.23. The van der Waals surface area contributed by atoms with Gasteiger partial charge in [0.2, 0.25) is 0 Å². The van der Waals surface area contributed by atoms with Crippen molar-refractivity contribution in [1.29, 1.82) is 0 Å². The lowest BCUT2D eigenvalue weighted by molar-refractivity contribution is -0.137. The first-order valence-electron chi connectivity index (χ1n) is 5.43. The Kier molecular flexibility index (Phi) is 3.33. The molecule has 0 fully saturated rings. The van der Waals surface area contributed by atoms with Crippen molar-refractivity contribution in [2.45, 2.75) is 26.2 Å². The van der Waals surface area contributed by atoms with E-state index in [1.54, 1.807) is 0 Å². The number of fused-ring (bicyclic) bond motifs is 1. The number of carboxylic acid groups (broad SMARTS) is 1. The van der Waals surface area contributed by atoms with Crippen molar-refractivity contribution in [3.8, 4) is 0 Å². The molecule has 0 aliphatic heterocycles. The van der Waals surface area contributed by atoms with Crippen LogP contribution in [0.3, 0.4) is 0 Å². The highest BCUT2D eigenvalue weighted by Gasteiger charge is 2.11. The van der Waals surface area contributed by atoms with Crippen molar-refractivity contribution in [3.63, 3.8) is 0 Å². The predicted molar refractivity (Wildman–Crippen MR) is 65.5 cm³/mol. The minimum atomic E-state index is -0.784. The van der Waals surface area contributed by atoms with E-state index >= 15 is 0 Å². The summed E-state index contributed by atoms with van der Waals surface area (Å²) in [6.45, 7) is 1.98. The number of halogens is 1. The maximum Gasteiger partial charge on any atom is 0.303 e. The van der Waals surface area contributed by atoms with Crippen LogP contribution in [0.2, 0.25) is 5.15 Å². The summed E-state index contributed by atoms with van der Waals surface area (Å²) >= 11 is 6.08. The molecule has 0 bridgehead atoms. The zero-order valence-corrected chi connectivity index (χ0v) is 10.2. The molecule has 17 heavy (non-hydrogen) atoms. The monoisotopic (exact) mass is 252 g/mol. The molecule has 0 aliphatic rings. The Morgan fingerprint density at radius 1 is 1.59 bits per heavy atom. The van der Waals surface area contributed by atoms with Gasteiger partial charge >= 0.3 is 5.97 Å². The fraction of sp³-hybridized carbons (Fsp3) is 0.333. The summed E-state index contributed by atoms with van der Waals surface area (Å²) in [4.78, 5) is 14.7. The largest absolute Gasteiger partial charge is 0.481 e. The highest BCUT2D eigenvalue weighted by molar-refractivity contribution is 6.32. The molecule has 0 radical (unpaired) electrons. The number of hydrogen-bond donors (Lipinski definition) is 1. The number of rotatable bonds is 4. The first kappa shape index (κ1) is 11.9. The quantitative estimate of drug-likeness (QED) is 0.910. The second-order valence-corrected chi connectivity index (χ2v) is 4.33. The number of carboxylic acids is 1. The molecule has 90 valence electrons. The van der Waals surface area contributed by atoms with E-state index in [2.05, 4.69) is 4.98 Å². The summed E-state index contributed by atoms with van der Waals surface area (Å²) in [5.74, 6) is 0.0306. The number of aromatic nitrogens is 2. The zero-order valence-electron chi connectivity index (χ0n) is 9.48. The molecule has 0 aromatic carbocycles. The number of nitrogens with zero attached hydrogens (tertiary/aromatic N) is 2. The van der Waals surface area contributed by atoms with Gasteiger partial charge in [-0.15, -0.1) is 0 Å². The number of aliphatic carboxylic acids is 1. The molecule has 0 spiro atoms. The van der Waals surface area contributed by atoms with Crippen molar-refractivity contribution in [2.75, 3.05) is 0 Å². The van der Waals surface area contributed by atoms with E-state index in [1.807, 2.05) is 29.7 Å². The van der Waals surface area contributed by atoms with E-state index in [0.29, 0.717) is 18.0 Å². The molecule has 2 heterocycles. The van der Waals surface area contributed by atoms with Crippen molar-refractivity contribution in [1.82, 2.24) is 9.38 Å². The lowest BCUT2D eigenvalue weighted by atomic mass is 10.2. The number of hydrogen-bond acceptors (Lipinski definition) is 2. The molecular formula is C12H13ClN2O2. The normalized spacial score (nSPS) is 10.9. The Labute approximate surface area is 104 Å². The average Bonchev–Trinajstić information content (AvgIpc) is 2.57. The van der Waals surface area contributed by atoms with E-state index in [9.17, 15) is 4.79 Å². The standard InChI is InChI=1S/C12H13ClN2O2/c1-8-4-3-7-15-9(5-2-6-10(16)17)14-12(13)11(8)15/h3-4,7H,2,5-6H2,1H3,(H,16,17). The van der Waals surface area contributed by atoms with Crippen LogP contribution in [0.15, 0.2) is 18.3 Å². The molecule has 1 N–H and O–H groups in total. The number of imidazole rings is 1. The van der Waals surface area contributed by atoms with Gasteiger partial charge in [-0.25, -0.2) is 4.98 Å². The molecule has 0 saturated heterocycles. The fourth-order valence-electron chi connectivity index (χ4n) is 1.89. The Balaban J connectivity index is 2.29. The third kappa shape index (κ3) is 2.42. The third-order valence-electron chi connectivity index (χ3n) is 2.69. The van der Waals surface area contributed by atoms with E-state index in [1.165, 1.54) is 0 Å². The molecule has 0 atom stereocenters. The number of pyridine rings is 1. The van der Waals surface area contributed by atoms with Crippen LogP contribution < -0.4 is 0 Å². The first-order chi connectivity index (χ1) is 8.09. The average molecular weight is 253 g/mol. The molecule has 5 heteroatoms. The molecule has 2 aromatic rings. The lowest BCUT2D eigenvalue weighted by Gasteiger charge is -2.01. The van der Waals surface area contributed by atoms with Crippen LogP contribution in [-0.2, 0) is 11.2 Å². The Morgan fingerprint density at radius 2 is 2.35 bits per heavy atom. The van der Waals surface area contributed by atoms with Crippen molar-refractivity contribution < 1.29 is 9.90 Å². The Hall–Kier alpha value is -1.55. The van der Waals surface area contributed by atoms with E-state index in [0.717, 1.165) is 16.9 Å². The second-order valence-electron chi connectivity index (χ2n) is 3.98. The maximum atomic E-state index is 10.5. The minimum Gasteiger partial charge on any atom is -0.481 e. The van der Waals surface area contributed by atoms with Gasteiger partial charge in [0, 0.05) is 19.0 Å². The molecule has 2 rings (SSSR count). The number of aryl methyl sites for hydroxylation is 2. The van der Waals surface area contributed by atoms with Gasteiger partial charge in [0.05, 0.1) is 5.52 Å². The van der Waals surface area contributed by atoms with Crippen LogP contribution in [0.4, 0.5) is 0 Å². The summed E-state index contributed by atoms with van der Waals surface area (Å²) < 4.78 is 1.93. The van der Waals surface area contributed by atoms with Crippen molar-refractivity contribution in [2.24, 2.45) is 0 Å². The molecule has 0 amide bonds. The lowest BCUT2D eigenvalue weighted by Crippen LogP contribution is -1.99. The Bertz CT molecular complexity index is 563. The number of carbonyl (C=O) groups is 1. The highest BCUT2D eigenvalue weighted by atomic mass is 35.5. The maximum absolute atomic E-state index is 10.5. The first-order valence-corrected chi connectivity index (χ1v) is 5.81. The molecule has 0 saturated carbocycles. The topological polar surface area (TPSA) is 54.6 Å². The summed E-state index contributed by atoms with van der Waals surface area (Å²) in [5.41, 5.74) is 1.97. The minimum absolute atomic E-state index is 0.151. The predicted octanol–water partition coefficient (Wildman–Crippen LogP) is 2.70. The van der Waals surface area contributed by atoms with Gasteiger partial charge in [-0.2, -0.15) is 0 Å². The van der Waals surface area contributed by atoms with Crippen molar-refractivity contribution >= 4 is 23.1 Å². The summed E-state index contributed by atoms with van der Waals surface area (Å²) in [6.07, 6.45) is 3.23. The van der Waals surface area contributed by atoms with Crippen LogP contribution >= 0.6 is 11.6 Å². The smallest absolute Gasteiger partial charge is 0.303 e.